The van der Waals surface area contributed by atoms with Crippen molar-refractivity contribution in [3.8, 4) is 0 Å². The Morgan fingerprint density at radius 2 is 2.13 bits per heavy atom. The Morgan fingerprint density at radius 3 is 2.67 bits per heavy atom. The van der Waals surface area contributed by atoms with Gasteiger partial charge in [-0.15, -0.1) is 0 Å². The van der Waals surface area contributed by atoms with Gasteiger partial charge in [-0.2, -0.15) is 0 Å². The maximum absolute atomic E-state index is 6.00. The average molecular weight is 208 g/mol. The number of nitrogens with two attached hydrogens (primary N) is 1. The third-order valence-electron chi connectivity index (χ3n) is 2.64. The van der Waals surface area contributed by atoms with Crippen LogP contribution < -0.4 is 10.6 Å². The van der Waals surface area contributed by atoms with Crippen molar-refractivity contribution in [3.63, 3.8) is 0 Å². The van der Waals surface area contributed by atoms with Crippen molar-refractivity contribution in [1.82, 2.24) is 9.97 Å². The lowest BCUT2D eigenvalue weighted by molar-refractivity contribution is 0.540. The van der Waals surface area contributed by atoms with Crippen LogP contribution in [-0.4, -0.2) is 30.1 Å². The van der Waals surface area contributed by atoms with Crippen molar-refractivity contribution in [3.05, 3.63) is 18.0 Å². The van der Waals surface area contributed by atoms with Gasteiger partial charge < -0.3 is 10.6 Å². The lowest BCUT2D eigenvalue weighted by Crippen LogP contribution is -2.26. The van der Waals surface area contributed by atoms with Crippen molar-refractivity contribution in [1.29, 1.82) is 0 Å². The van der Waals surface area contributed by atoms with Gasteiger partial charge in [0.1, 0.15) is 0 Å². The smallest absolute Gasteiger partial charge is 0.224 e. The first-order chi connectivity index (χ1) is 7.06. The number of anilines is 1. The summed E-state index contributed by atoms with van der Waals surface area (Å²) < 4.78 is 0. The zero-order valence-electron chi connectivity index (χ0n) is 9.94. The molecular weight excluding hydrogens is 188 g/mol. The summed E-state index contributed by atoms with van der Waals surface area (Å²) in [6.45, 7) is 4.20. The van der Waals surface area contributed by atoms with Crippen LogP contribution >= 0.6 is 0 Å². The molecule has 84 valence electrons. The number of hydrogen-bond donors (Lipinski definition) is 1. The Hall–Kier alpha value is -1.16. The third-order valence-corrected chi connectivity index (χ3v) is 2.64. The molecule has 0 aromatic carbocycles. The fourth-order valence-electron chi connectivity index (χ4n) is 1.40. The van der Waals surface area contributed by atoms with Gasteiger partial charge in [0.25, 0.3) is 0 Å². The van der Waals surface area contributed by atoms with Crippen LogP contribution in [0.4, 0.5) is 5.95 Å². The molecule has 0 saturated carbocycles. The fourth-order valence-corrected chi connectivity index (χ4v) is 1.40. The summed E-state index contributed by atoms with van der Waals surface area (Å²) in [4.78, 5) is 10.6. The highest BCUT2D eigenvalue weighted by molar-refractivity contribution is 5.28. The second kappa shape index (κ2) is 5.07. The molecule has 2 N–H and O–H groups in total. The zero-order valence-corrected chi connectivity index (χ0v) is 9.94. The summed E-state index contributed by atoms with van der Waals surface area (Å²) >= 11 is 0. The highest BCUT2D eigenvalue weighted by Gasteiger charge is 2.15. The van der Waals surface area contributed by atoms with E-state index in [0.29, 0.717) is 0 Å². The average Bonchev–Trinajstić information content (AvgIpc) is 2.27. The van der Waals surface area contributed by atoms with E-state index in [9.17, 15) is 0 Å². The van der Waals surface area contributed by atoms with E-state index in [2.05, 4.69) is 23.8 Å². The SMILES string of the molecule is CCC(N)C(C)c1ccnc(N(C)C)n1. The van der Waals surface area contributed by atoms with Crippen LogP contribution in [0.5, 0.6) is 0 Å². The van der Waals surface area contributed by atoms with Gasteiger partial charge in [-0.3, -0.25) is 0 Å². The molecule has 4 heteroatoms. The molecule has 2 unspecified atom stereocenters. The van der Waals surface area contributed by atoms with E-state index >= 15 is 0 Å². The molecule has 1 aromatic heterocycles. The molecule has 0 amide bonds. The van der Waals surface area contributed by atoms with Crippen LogP contribution in [-0.2, 0) is 0 Å². The topological polar surface area (TPSA) is 55.0 Å². The van der Waals surface area contributed by atoms with Gasteiger partial charge in [-0.1, -0.05) is 13.8 Å². The van der Waals surface area contributed by atoms with Crippen molar-refractivity contribution in [2.45, 2.75) is 32.2 Å². The molecule has 1 heterocycles. The molecule has 0 aliphatic carbocycles. The molecule has 0 aliphatic heterocycles. The summed E-state index contributed by atoms with van der Waals surface area (Å²) in [6.07, 6.45) is 2.75. The van der Waals surface area contributed by atoms with Gasteiger partial charge in [0.05, 0.1) is 5.69 Å². The maximum Gasteiger partial charge on any atom is 0.224 e. The maximum atomic E-state index is 6.00. The Balaban J connectivity index is 2.90. The van der Waals surface area contributed by atoms with Gasteiger partial charge >= 0.3 is 0 Å². The van der Waals surface area contributed by atoms with Crippen LogP contribution in [0, 0.1) is 0 Å². The summed E-state index contributed by atoms with van der Waals surface area (Å²) in [5, 5.41) is 0. The molecule has 0 aliphatic rings. The number of nitrogens with zero attached hydrogens (tertiary/aromatic N) is 3. The first-order valence-corrected chi connectivity index (χ1v) is 5.32. The second-order valence-corrected chi connectivity index (χ2v) is 4.04. The van der Waals surface area contributed by atoms with Crippen molar-refractivity contribution in [2.24, 2.45) is 5.73 Å². The van der Waals surface area contributed by atoms with Crippen molar-refractivity contribution >= 4 is 5.95 Å². The Bertz CT molecular complexity index is 311. The molecule has 0 spiro atoms. The first-order valence-electron chi connectivity index (χ1n) is 5.32. The van der Waals surface area contributed by atoms with E-state index < -0.39 is 0 Å². The molecule has 0 saturated heterocycles. The predicted molar refractivity (Wildman–Crippen MR) is 63.0 cm³/mol. The summed E-state index contributed by atoms with van der Waals surface area (Å²) in [5.41, 5.74) is 7.02. The molecule has 0 fully saturated rings. The Labute approximate surface area is 91.5 Å². The number of aromatic nitrogens is 2. The molecule has 4 nitrogen and oxygen atoms in total. The van der Waals surface area contributed by atoms with Crippen LogP contribution in [0.1, 0.15) is 31.9 Å². The van der Waals surface area contributed by atoms with E-state index in [1.165, 1.54) is 0 Å². The minimum atomic E-state index is 0.162. The monoisotopic (exact) mass is 208 g/mol. The molecule has 15 heavy (non-hydrogen) atoms. The van der Waals surface area contributed by atoms with Crippen LogP contribution in [0.25, 0.3) is 0 Å². The molecule has 0 bridgehead atoms. The summed E-state index contributed by atoms with van der Waals surface area (Å²) in [5.74, 6) is 1.01. The summed E-state index contributed by atoms with van der Waals surface area (Å²) in [6, 6.07) is 2.10. The minimum absolute atomic E-state index is 0.162. The molecule has 1 rings (SSSR count). The molecule has 1 aromatic rings. The van der Waals surface area contributed by atoms with Crippen LogP contribution in [0.2, 0.25) is 0 Å². The van der Waals surface area contributed by atoms with Crippen LogP contribution in [0.3, 0.4) is 0 Å². The van der Waals surface area contributed by atoms with Gasteiger partial charge in [0.15, 0.2) is 0 Å². The van der Waals surface area contributed by atoms with Gasteiger partial charge in [0.2, 0.25) is 5.95 Å². The molecular formula is C11H20N4. The normalized spacial score (nSPS) is 14.7. The standard InChI is InChI=1S/C11H20N4/c1-5-9(12)8(2)10-6-7-13-11(14-10)15(3)4/h6-9H,5,12H2,1-4H3. The Kier molecular flexibility index (Phi) is 4.03. The lowest BCUT2D eigenvalue weighted by Gasteiger charge is -2.19. The highest BCUT2D eigenvalue weighted by atomic mass is 15.2. The number of hydrogen-bond acceptors (Lipinski definition) is 4. The molecule has 2 atom stereocenters. The Morgan fingerprint density at radius 1 is 1.47 bits per heavy atom. The quantitative estimate of drug-likeness (QED) is 0.812. The van der Waals surface area contributed by atoms with Crippen molar-refractivity contribution in [2.75, 3.05) is 19.0 Å². The molecule has 0 radical (unpaired) electrons. The number of rotatable bonds is 4. The largest absolute Gasteiger partial charge is 0.347 e. The first kappa shape index (κ1) is 11.9. The van der Waals surface area contributed by atoms with Gasteiger partial charge in [-0.25, -0.2) is 9.97 Å². The minimum Gasteiger partial charge on any atom is -0.347 e. The second-order valence-electron chi connectivity index (χ2n) is 4.04. The van der Waals surface area contributed by atoms with E-state index in [0.717, 1.165) is 18.1 Å². The van der Waals surface area contributed by atoms with Gasteiger partial charge in [0, 0.05) is 32.3 Å². The van der Waals surface area contributed by atoms with E-state index in [1.807, 2.05) is 25.1 Å². The van der Waals surface area contributed by atoms with Crippen molar-refractivity contribution < 1.29 is 0 Å². The van der Waals surface area contributed by atoms with E-state index in [1.54, 1.807) is 6.20 Å². The van der Waals surface area contributed by atoms with Gasteiger partial charge in [-0.05, 0) is 12.5 Å². The fraction of sp³-hybridized carbons (Fsp3) is 0.636. The lowest BCUT2D eigenvalue weighted by atomic mass is 9.97. The predicted octanol–water partition coefficient (Wildman–Crippen LogP) is 1.38. The summed E-state index contributed by atoms with van der Waals surface area (Å²) in [7, 11) is 3.87. The third kappa shape index (κ3) is 2.89. The van der Waals surface area contributed by atoms with E-state index in [-0.39, 0.29) is 12.0 Å². The highest BCUT2D eigenvalue weighted by Crippen LogP contribution is 2.18. The van der Waals surface area contributed by atoms with E-state index in [4.69, 9.17) is 5.73 Å². The van der Waals surface area contributed by atoms with Crippen LogP contribution in [0.15, 0.2) is 12.3 Å². The zero-order chi connectivity index (χ0) is 11.4.